The third-order valence-electron chi connectivity index (χ3n) is 5.35. The number of morpholine rings is 1. The molecule has 0 saturated carbocycles. The zero-order chi connectivity index (χ0) is 19.9. The molecule has 2 aromatic rings. The molecule has 1 aromatic carbocycles. The predicted octanol–water partition coefficient (Wildman–Crippen LogP) is 2.05. The van der Waals surface area contributed by atoms with Gasteiger partial charge in [-0.05, 0) is 31.0 Å². The Morgan fingerprint density at radius 2 is 1.82 bits per heavy atom. The molecular weight excluding hydrogens is 370 g/mol. The van der Waals surface area contributed by atoms with Crippen molar-refractivity contribution in [3.05, 3.63) is 48.3 Å². The molecule has 1 aromatic heterocycles. The van der Waals surface area contributed by atoms with E-state index in [1.54, 1.807) is 48.3 Å². The van der Waals surface area contributed by atoms with Crippen molar-refractivity contribution < 1.29 is 23.1 Å². The second-order valence-electron chi connectivity index (χ2n) is 7.16. The van der Waals surface area contributed by atoms with E-state index in [0.29, 0.717) is 11.4 Å². The van der Waals surface area contributed by atoms with Gasteiger partial charge in [0.15, 0.2) is 0 Å². The quantitative estimate of drug-likeness (QED) is 0.787. The summed E-state index contributed by atoms with van der Waals surface area (Å²) in [6.45, 7) is 0.549. The van der Waals surface area contributed by atoms with Crippen LogP contribution < -0.4 is 4.90 Å². The number of hydrogen-bond acceptors (Lipinski definition) is 4. The molecule has 0 unspecified atom stereocenters. The lowest BCUT2D eigenvalue weighted by Gasteiger charge is -2.48. The first-order valence-corrected chi connectivity index (χ1v) is 9.04. The van der Waals surface area contributed by atoms with Crippen LogP contribution in [0.3, 0.4) is 0 Å². The highest BCUT2D eigenvalue weighted by Crippen LogP contribution is 2.40. The molecule has 0 aliphatic carbocycles. The van der Waals surface area contributed by atoms with Crippen molar-refractivity contribution in [2.75, 3.05) is 24.5 Å². The van der Waals surface area contributed by atoms with E-state index < -0.39 is 17.6 Å². The number of aryl methyl sites for hydroxylation is 1. The minimum Gasteiger partial charge on any atom is -0.337 e. The molecule has 4 rings (SSSR count). The van der Waals surface area contributed by atoms with E-state index >= 15 is 0 Å². The van der Waals surface area contributed by atoms with Gasteiger partial charge in [0.05, 0.1) is 12.1 Å². The van der Waals surface area contributed by atoms with E-state index in [2.05, 4.69) is 5.10 Å². The summed E-state index contributed by atoms with van der Waals surface area (Å²) in [5, 5.41) is 3.99. The zero-order valence-corrected chi connectivity index (χ0v) is 15.3. The lowest BCUT2D eigenvalue weighted by molar-refractivity contribution is -0.292. The normalized spacial score (nSPS) is 21.2. The standard InChI is InChI=1S/C19H20F2N4O3/c1-23-15(7-10-22-23)16(26)24-11-8-18(9-12-24)13-25(14-5-3-2-4-6-14)17(27)19(20,21)28-18/h2-7,10H,8-9,11-13H2,1H3. The van der Waals surface area contributed by atoms with Gasteiger partial charge < -0.3 is 14.5 Å². The molecule has 0 bridgehead atoms. The molecule has 2 saturated heterocycles. The first-order chi connectivity index (χ1) is 13.3. The SMILES string of the molecule is Cn1nccc1C(=O)N1CCC2(CC1)CN(c1ccccc1)C(=O)C(F)(F)O2. The van der Waals surface area contributed by atoms with Gasteiger partial charge in [0, 0.05) is 32.0 Å². The van der Waals surface area contributed by atoms with Crippen LogP contribution in [0.25, 0.3) is 0 Å². The summed E-state index contributed by atoms with van der Waals surface area (Å²) in [7, 11) is 1.67. The van der Waals surface area contributed by atoms with Gasteiger partial charge in [-0.25, -0.2) is 0 Å². The molecule has 2 amide bonds. The Hall–Kier alpha value is -2.81. The molecule has 9 heteroatoms. The van der Waals surface area contributed by atoms with E-state index in [0.717, 1.165) is 4.90 Å². The average Bonchev–Trinajstić information content (AvgIpc) is 3.11. The number of likely N-dealkylation sites (tertiary alicyclic amines) is 1. The number of amides is 2. The number of para-hydroxylation sites is 1. The Morgan fingerprint density at radius 1 is 1.14 bits per heavy atom. The Balaban J connectivity index is 1.53. The lowest BCUT2D eigenvalue weighted by Crippen LogP contribution is -2.65. The zero-order valence-electron chi connectivity index (χ0n) is 15.3. The molecule has 0 radical (unpaired) electrons. The van der Waals surface area contributed by atoms with Gasteiger partial charge in [0.2, 0.25) is 0 Å². The molecule has 148 valence electrons. The van der Waals surface area contributed by atoms with E-state index in [1.807, 2.05) is 0 Å². The molecule has 2 aliphatic heterocycles. The fourth-order valence-corrected chi connectivity index (χ4v) is 3.80. The highest BCUT2D eigenvalue weighted by atomic mass is 19.3. The summed E-state index contributed by atoms with van der Waals surface area (Å²) < 4.78 is 35.3. The van der Waals surface area contributed by atoms with Crippen LogP contribution in [0.5, 0.6) is 0 Å². The highest BCUT2D eigenvalue weighted by Gasteiger charge is 2.57. The number of halogens is 2. The third-order valence-corrected chi connectivity index (χ3v) is 5.35. The predicted molar refractivity (Wildman–Crippen MR) is 95.9 cm³/mol. The van der Waals surface area contributed by atoms with Gasteiger partial charge in [0.1, 0.15) is 5.69 Å². The van der Waals surface area contributed by atoms with Gasteiger partial charge in [-0.3, -0.25) is 14.3 Å². The van der Waals surface area contributed by atoms with Gasteiger partial charge in [-0.1, -0.05) is 18.2 Å². The van der Waals surface area contributed by atoms with Gasteiger partial charge in [-0.15, -0.1) is 0 Å². The van der Waals surface area contributed by atoms with E-state index in [1.165, 1.54) is 10.9 Å². The van der Waals surface area contributed by atoms with Crippen LogP contribution in [0, 0.1) is 0 Å². The second kappa shape index (κ2) is 6.66. The van der Waals surface area contributed by atoms with Crippen molar-refractivity contribution in [1.82, 2.24) is 14.7 Å². The number of hydrogen-bond donors (Lipinski definition) is 0. The number of nitrogens with zero attached hydrogens (tertiary/aromatic N) is 4. The second-order valence-corrected chi connectivity index (χ2v) is 7.16. The van der Waals surface area contributed by atoms with Crippen LogP contribution in [-0.4, -0.2) is 57.8 Å². The first kappa shape index (κ1) is 18.5. The Labute approximate surface area is 160 Å². The number of carbonyl (C=O) groups is 2. The summed E-state index contributed by atoms with van der Waals surface area (Å²) in [5.41, 5.74) is -0.355. The maximum absolute atomic E-state index is 14.4. The van der Waals surface area contributed by atoms with Crippen LogP contribution in [-0.2, 0) is 16.6 Å². The van der Waals surface area contributed by atoms with Crippen LogP contribution >= 0.6 is 0 Å². The summed E-state index contributed by atoms with van der Waals surface area (Å²) in [6, 6.07) is 10.00. The summed E-state index contributed by atoms with van der Waals surface area (Å²) in [6.07, 6.45) is -1.94. The largest absolute Gasteiger partial charge is 0.437 e. The van der Waals surface area contributed by atoms with Gasteiger partial charge in [0.25, 0.3) is 5.91 Å². The van der Waals surface area contributed by atoms with Crippen molar-refractivity contribution >= 4 is 17.5 Å². The molecule has 0 N–H and O–H groups in total. The van der Waals surface area contributed by atoms with Crippen LogP contribution in [0.4, 0.5) is 14.5 Å². The topological polar surface area (TPSA) is 67.7 Å². The van der Waals surface area contributed by atoms with E-state index in [9.17, 15) is 18.4 Å². The van der Waals surface area contributed by atoms with Crippen molar-refractivity contribution in [3.8, 4) is 0 Å². The van der Waals surface area contributed by atoms with E-state index in [4.69, 9.17) is 4.74 Å². The maximum Gasteiger partial charge on any atom is 0.437 e. The Morgan fingerprint density at radius 3 is 2.43 bits per heavy atom. The minimum atomic E-state index is -3.90. The molecule has 7 nitrogen and oxygen atoms in total. The average molecular weight is 390 g/mol. The third kappa shape index (κ3) is 3.15. The van der Waals surface area contributed by atoms with Gasteiger partial charge in [-0.2, -0.15) is 13.9 Å². The molecule has 28 heavy (non-hydrogen) atoms. The summed E-state index contributed by atoms with van der Waals surface area (Å²) in [5.74, 6) is -1.56. The molecule has 2 fully saturated rings. The maximum atomic E-state index is 14.4. The van der Waals surface area contributed by atoms with Crippen LogP contribution in [0.15, 0.2) is 42.6 Å². The number of anilines is 1. The van der Waals surface area contributed by atoms with Crippen LogP contribution in [0.1, 0.15) is 23.3 Å². The van der Waals surface area contributed by atoms with Crippen molar-refractivity contribution in [2.24, 2.45) is 7.05 Å². The Bertz CT molecular complexity index is 892. The number of rotatable bonds is 2. The molecule has 2 aliphatic rings. The molecular formula is C19H20F2N4O3. The van der Waals surface area contributed by atoms with Gasteiger partial charge >= 0.3 is 12.0 Å². The summed E-state index contributed by atoms with van der Waals surface area (Å²) >= 11 is 0. The summed E-state index contributed by atoms with van der Waals surface area (Å²) in [4.78, 5) is 27.5. The minimum absolute atomic E-state index is 0.0270. The van der Waals surface area contributed by atoms with Crippen molar-refractivity contribution in [3.63, 3.8) is 0 Å². The fraction of sp³-hybridized carbons (Fsp3) is 0.421. The van der Waals surface area contributed by atoms with Crippen LogP contribution in [0.2, 0.25) is 0 Å². The molecule has 1 spiro atoms. The molecule has 3 heterocycles. The van der Waals surface area contributed by atoms with Crippen molar-refractivity contribution in [1.29, 1.82) is 0 Å². The van der Waals surface area contributed by atoms with E-state index in [-0.39, 0.29) is 38.4 Å². The first-order valence-electron chi connectivity index (χ1n) is 9.04. The number of carbonyl (C=O) groups excluding carboxylic acids is 2. The number of aromatic nitrogens is 2. The van der Waals surface area contributed by atoms with Crippen molar-refractivity contribution in [2.45, 2.75) is 24.6 Å². The number of ether oxygens (including phenoxy) is 1. The Kier molecular flexibility index (Phi) is 4.41. The number of piperidine rings is 1. The highest BCUT2D eigenvalue weighted by molar-refractivity contribution is 5.98. The fourth-order valence-electron chi connectivity index (χ4n) is 3.80. The number of benzene rings is 1. The lowest BCUT2D eigenvalue weighted by atomic mass is 9.88. The molecule has 0 atom stereocenters. The monoisotopic (exact) mass is 390 g/mol. The smallest absolute Gasteiger partial charge is 0.337 e. The number of alkyl halides is 2.